The number of nitrogens with zero attached hydrogens (tertiary/aromatic N) is 4. The lowest BCUT2D eigenvalue weighted by Gasteiger charge is -2.30. The first-order valence-corrected chi connectivity index (χ1v) is 13.0. The van der Waals surface area contributed by atoms with E-state index in [1.165, 1.54) is 21.7 Å². The number of rotatable bonds is 5. The molecular formula is C26H24ClF3N4O2S. The molecule has 0 unspecified atom stereocenters. The molecule has 5 rings (SSSR count). The van der Waals surface area contributed by atoms with Crippen LogP contribution in [-0.2, 0) is 17.5 Å². The lowest BCUT2D eigenvalue weighted by atomic mass is 9.96. The lowest BCUT2D eigenvalue weighted by Crippen LogP contribution is -2.38. The fourth-order valence-electron chi connectivity index (χ4n) is 4.74. The molecule has 2 saturated heterocycles. The Hall–Kier alpha value is -2.82. The number of aromatic nitrogens is 2. The molecule has 194 valence electrons. The fourth-order valence-corrected chi connectivity index (χ4v) is 5.77. The second-order valence-corrected chi connectivity index (χ2v) is 10.9. The van der Waals surface area contributed by atoms with E-state index >= 15 is 0 Å². The molecule has 2 aliphatic heterocycles. The Morgan fingerprint density at radius 1 is 1.14 bits per heavy atom. The summed E-state index contributed by atoms with van der Waals surface area (Å²) in [6, 6.07) is 9.01. The summed E-state index contributed by atoms with van der Waals surface area (Å²) in [5.74, 6) is 0.0249. The van der Waals surface area contributed by atoms with E-state index in [2.05, 4.69) is 17.0 Å². The number of hydrogen-bond donors (Lipinski definition) is 0. The van der Waals surface area contributed by atoms with Gasteiger partial charge in [-0.2, -0.15) is 18.3 Å². The molecule has 2 aromatic carbocycles. The molecule has 0 bridgehead atoms. The number of benzene rings is 2. The highest BCUT2D eigenvalue weighted by molar-refractivity contribution is 8.18. The Bertz CT molecular complexity index is 1400. The second kappa shape index (κ2) is 10.2. The summed E-state index contributed by atoms with van der Waals surface area (Å²) < 4.78 is 42.0. The van der Waals surface area contributed by atoms with Crippen LogP contribution < -0.4 is 0 Å². The first-order valence-electron chi connectivity index (χ1n) is 11.8. The molecule has 0 radical (unpaired) electrons. The second-order valence-electron chi connectivity index (χ2n) is 9.46. The zero-order valence-electron chi connectivity index (χ0n) is 20.0. The molecule has 6 nitrogen and oxygen atoms in total. The van der Waals surface area contributed by atoms with Crippen molar-refractivity contribution in [3.05, 3.63) is 69.2 Å². The number of carbonyl (C=O) groups is 2. The van der Waals surface area contributed by atoms with Crippen LogP contribution >= 0.6 is 23.4 Å². The van der Waals surface area contributed by atoms with Gasteiger partial charge in [-0.3, -0.25) is 19.2 Å². The van der Waals surface area contributed by atoms with Crippen LogP contribution in [0, 0.1) is 5.92 Å². The maximum atomic E-state index is 13.5. The highest BCUT2D eigenvalue weighted by atomic mass is 35.5. The number of halogens is 4. The largest absolute Gasteiger partial charge is 0.416 e. The Morgan fingerprint density at radius 3 is 2.62 bits per heavy atom. The third-order valence-corrected chi connectivity index (χ3v) is 7.96. The van der Waals surface area contributed by atoms with E-state index in [-0.39, 0.29) is 28.3 Å². The number of piperidine rings is 1. The Labute approximate surface area is 221 Å². The number of hydrogen-bond acceptors (Lipinski definition) is 5. The molecule has 0 aliphatic carbocycles. The number of amides is 2. The van der Waals surface area contributed by atoms with Gasteiger partial charge in [0.2, 0.25) is 0 Å². The maximum Gasteiger partial charge on any atom is 0.416 e. The monoisotopic (exact) mass is 548 g/mol. The fraction of sp³-hybridized carbons (Fsp3) is 0.346. The summed E-state index contributed by atoms with van der Waals surface area (Å²) in [6.07, 6.45) is 0.627. The summed E-state index contributed by atoms with van der Waals surface area (Å²) in [7, 11) is 2.07. The molecule has 1 aromatic heterocycles. The minimum Gasteiger partial charge on any atom is -0.306 e. The van der Waals surface area contributed by atoms with Gasteiger partial charge in [-0.15, -0.1) is 0 Å². The SMILES string of the molecule is CN1CCC(CN2C(=O)S/C(=C\c3ccc4c(cnn4Cc4ccc(Cl)cc4C(F)(F)F)c3)C2=O)CC1. The predicted molar refractivity (Wildman–Crippen MR) is 138 cm³/mol. The minimum atomic E-state index is -4.54. The van der Waals surface area contributed by atoms with Crippen molar-refractivity contribution in [1.82, 2.24) is 19.6 Å². The molecular weight excluding hydrogens is 525 g/mol. The van der Waals surface area contributed by atoms with E-state index in [1.54, 1.807) is 30.5 Å². The first-order chi connectivity index (χ1) is 17.6. The van der Waals surface area contributed by atoms with Crippen molar-refractivity contribution in [3.8, 4) is 0 Å². The van der Waals surface area contributed by atoms with E-state index in [4.69, 9.17) is 11.6 Å². The van der Waals surface area contributed by atoms with Gasteiger partial charge in [0.05, 0.1) is 28.7 Å². The van der Waals surface area contributed by atoms with E-state index in [9.17, 15) is 22.8 Å². The zero-order valence-corrected chi connectivity index (χ0v) is 21.5. The average Bonchev–Trinajstić information content (AvgIpc) is 3.36. The van der Waals surface area contributed by atoms with Crippen molar-refractivity contribution < 1.29 is 22.8 Å². The standard InChI is InChI=1S/C26H24ClF3N4O2S/c1-32-8-6-16(7-9-32)14-33-24(35)23(37-25(33)36)11-17-2-5-22-19(10-17)13-31-34(22)15-18-3-4-20(27)12-21(18)26(28,29)30/h2-5,10-13,16H,6-9,14-15H2,1H3/b23-11-. The first kappa shape index (κ1) is 25.8. The smallest absolute Gasteiger partial charge is 0.306 e. The third-order valence-electron chi connectivity index (χ3n) is 6.81. The Morgan fingerprint density at radius 2 is 1.89 bits per heavy atom. The minimum absolute atomic E-state index is 0.0156. The summed E-state index contributed by atoms with van der Waals surface area (Å²) in [4.78, 5) is 29.4. The van der Waals surface area contributed by atoms with Crippen molar-refractivity contribution in [2.24, 2.45) is 5.92 Å². The normalized spacial score (nSPS) is 19.1. The van der Waals surface area contributed by atoms with E-state index in [1.807, 2.05) is 0 Å². The summed E-state index contributed by atoms with van der Waals surface area (Å²) >= 11 is 6.72. The molecule has 0 spiro atoms. The maximum absolute atomic E-state index is 13.5. The van der Waals surface area contributed by atoms with Gasteiger partial charge < -0.3 is 4.90 Å². The molecule has 3 heterocycles. The van der Waals surface area contributed by atoms with Crippen LogP contribution in [0.4, 0.5) is 18.0 Å². The predicted octanol–water partition coefficient (Wildman–Crippen LogP) is 6.13. The molecule has 11 heteroatoms. The van der Waals surface area contributed by atoms with Gasteiger partial charge in [-0.1, -0.05) is 23.7 Å². The van der Waals surface area contributed by atoms with Crippen molar-refractivity contribution >= 4 is 51.5 Å². The molecule has 0 N–H and O–H groups in total. The molecule has 0 saturated carbocycles. The summed E-state index contributed by atoms with van der Waals surface area (Å²) in [5, 5.41) is 4.74. The van der Waals surface area contributed by atoms with E-state index in [0.29, 0.717) is 33.8 Å². The Kier molecular flexibility index (Phi) is 7.08. The molecule has 3 aromatic rings. The van der Waals surface area contributed by atoms with E-state index in [0.717, 1.165) is 43.8 Å². The lowest BCUT2D eigenvalue weighted by molar-refractivity contribution is -0.138. The van der Waals surface area contributed by atoms with Crippen molar-refractivity contribution in [2.75, 3.05) is 26.7 Å². The van der Waals surface area contributed by atoms with Crippen LogP contribution in [0.2, 0.25) is 5.02 Å². The van der Waals surface area contributed by atoms with Crippen LogP contribution in [0.15, 0.2) is 47.5 Å². The van der Waals surface area contributed by atoms with Crippen LogP contribution in [0.25, 0.3) is 17.0 Å². The topological polar surface area (TPSA) is 58.4 Å². The molecule has 37 heavy (non-hydrogen) atoms. The number of fused-ring (bicyclic) bond motifs is 1. The highest BCUT2D eigenvalue weighted by Crippen LogP contribution is 2.36. The Balaban J connectivity index is 1.34. The zero-order chi connectivity index (χ0) is 26.3. The average molecular weight is 549 g/mol. The number of alkyl halides is 3. The number of imide groups is 1. The van der Waals surface area contributed by atoms with Crippen LogP contribution in [-0.4, -0.2) is 57.4 Å². The molecule has 2 fully saturated rings. The molecule has 2 amide bonds. The van der Waals surface area contributed by atoms with Gasteiger partial charge in [0.1, 0.15) is 0 Å². The van der Waals surface area contributed by atoms with Crippen molar-refractivity contribution in [2.45, 2.75) is 25.6 Å². The number of carbonyl (C=O) groups excluding carboxylic acids is 2. The van der Waals surface area contributed by atoms with Crippen LogP contribution in [0.5, 0.6) is 0 Å². The van der Waals surface area contributed by atoms with Gasteiger partial charge in [0.25, 0.3) is 11.1 Å². The third kappa shape index (κ3) is 5.56. The quantitative estimate of drug-likeness (QED) is 0.359. The van der Waals surface area contributed by atoms with Crippen LogP contribution in [0.1, 0.15) is 29.5 Å². The van der Waals surface area contributed by atoms with Gasteiger partial charge in [-0.05, 0) is 92.1 Å². The molecule has 0 atom stereocenters. The number of thioether (sulfide) groups is 1. The molecule has 2 aliphatic rings. The van der Waals surface area contributed by atoms with Gasteiger partial charge in [0, 0.05) is 17.0 Å². The van der Waals surface area contributed by atoms with E-state index < -0.39 is 11.7 Å². The van der Waals surface area contributed by atoms with Gasteiger partial charge in [-0.25, -0.2) is 0 Å². The highest BCUT2D eigenvalue weighted by Gasteiger charge is 2.37. The summed E-state index contributed by atoms with van der Waals surface area (Å²) in [5.41, 5.74) is 0.621. The van der Waals surface area contributed by atoms with Crippen molar-refractivity contribution in [3.63, 3.8) is 0 Å². The van der Waals surface area contributed by atoms with Gasteiger partial charge >= 0.3 is 6.18 Å². The number of likely N-dealkylation sites (tertiary alicyclic amines) is 1. The van der Waals surface area contributed by atoms with Crippen LogP contribution in [0.3, 0.4) is 0 Å². The van der Waals surface area contributed by atoms with Crippen molar-refractivity contribution in [1.29, 1.82) is 0 Å². The summed E-state index contributed by atoms with van der Waals surface area (Å²) in [6.45, 7) is 2.27. The van der Waals surface area contributed by atoms with Gasteiger partial charge in [0.15, 0.2) is 0 Å².